The van der Waals surface area contributed by atoms with Crippen molar-refractivity contribution in [3.63, 3.8) is 0 Å². The van der Waals surface area contributed by atoms with Gasteiger partial charge in [-0.05, 0) is 31.0 Å². The van der Waals surface area contributed by atoms with Crippen LogP contribution in [-0.4, -0.2) is 50.6 Å². The molecule has 2 aromatic carbocycles. The van der Waals surface area contributed by atoms with Gasteiger partial charge in [0.25, 0.3) is 0 Å². The zero-order valence-corrected chi connectivity index (χ0v) is 16.8. The SMILES string of the molecule is CCNC(=NCC(=O)N1CCc2ccccc21)N(C)Cc1ccccc1OC. The van der Waals surface area contributed by atoms with E-state index in [4.69, 9.17) is 4.74 Å². The molecular weight excluding hydrogens is 352 g/mol. The van der Waals surface area contributed by atoms with E-state index < -0.39 is 0 Å². The van der Waals surface area contributed by atoms with Gasteiger partial charge in [-0.15, -0.1) is 0 Å². The van der Waals surface area contributed by atoms with Gasteiger partial charge < -0.3 is 19.9 Å². The minimum atomic E-state index is 0.0195. The van der Waals surface area contributed by atoms with Crippen LogP contribution in [0, 0.1) is 0 Å². The van der Waals surface area contributed by atoms with E-state index in [0.717, 1.165) is 36.5 Å². The van der Waals surface area contributed by atoms with Crippen LogP contribution >= 0.6 is 0 Å². The molecule has 1 N–H and O–H groups in total. The van der Waals surface area contributed by atoms with Gasteiger partial charge in [0.1, 0.15) is 12.3 Å². The van der Waals surface area contributed by atoms with Crippen LogP contribution in [0.5, 0.6) is 5.75 Å². The minimum absolute atomic E-state index is 0.0195. The molecule has 148 valence electrons. The Kier molecular flexibility index (Phi) is 6.53. The third-order valence-electron chi connectivity index (χ3n) is 4.85. The van der Waals surface area contributed by atoms with E-state index in [2.05, 4.69) is 16.4 Å². The molecule has 0 aliphatic carbocycles. The summed E-state index contributed by atoms with van der Waals surface area (Å²) in [5.74, 6) is 1.57. The minimum Gasteiger partial charge on any atom is -0.496 e. The van der Waals surface area contributed by atoms with Crippen LogP contribution < -0.4 is 15.0 Å². The summed E-state index contributed by atoms with van der Waals surface area (Å²) in [6.45, 7) is 4.23. The largest absolute Gasteiger partial charge is 0.496 e. The maximum absolute atomic E-state index is 12.8. The molecule has 6 heteroatoms. The molecule has 6 nitrogen and oxygen atoms in total. The molecule has 0 aromatic heterocycles. The number of amides is 1. The maximum atomic E-state index is 12.8. The van der Waals surface area contributed by atoms with Gasteiger partial charge in [-0.25, -0.2) is 4.99 Å². The molecule has 1 aliphatic rings. The monoisotopic (exact) mass is 380 g/mol. The standard InChI is InChI=1S/C22H28N4O2/c1-4-23-22(25(2)16-18-10-6-8-12-20(18)28-3)24-15-21(27)26-14-13-17-9-5-7-11-19(17)26/h5-12H,4,13-16H2,1-3H3,(H,23,24). The average Bonchev–Trinajstić information content (AvgIpc) is 3.15. The number of hydrogen-bond acceptors (Lipinski definition) is 3. The first kappa shape index (κ1) is 19.7. The molecule has 0 radical (unpaired) electrons. The number of methoxy groups -OCH3 is 1. The van der Waals surface area contributed by atoms with Crippen molar-refractivity contribution in [3.05, 3.63) is 59.7 Å². The third-order valence-corrected chi connectivity index (χ3v) is 4.85. The number of carbonyl (C=O) groups excluding carboxylic acids is 1. The summed E-state index contributed by atoms with van der Waals surface area (Å²) in [4.78, 5) is 21.2. The summed E-state index contributed by atoms with van der Waals surface area (Å²) in [7, 11) is 3.63. The van der Waals surface area contributed by atoms with Gasteiger partial charge in [0, 0.05) is 37.9 Å². The second kappa shape index (κ2) is 9.26. The number of rotatable bonds is 6. The molecule has 0 saturated carbocycles. The van der Waals surface area contributed by atoms with Crippen molar-refractivity contribution in [1.82, 2.24) is 10.2 Å². The highest BCUT2D eigenvalue weighted by Gasteiger charge is 2.23. The van der Waals surface area contributed by atoms with E-state index in [1.165, 1.54) is 5.56 Å². The Morgan fingerprint density at radius 1 is 1.21 bits per heavy atom. The van der Waals surface area contributed by atoms with Gasteiger partial charge in [-0.1, -0.05) is 36.4 Å². The summed E-state index contributed by atoms with van der Waals surface area (Å²) in [6.07, 6.45) is 0.902. The highest BCUT2D eigenvalue weighted by Crippen LogP contribution is 2.27. The van der Waals surface area contributed by atoms with Crippen molar-refractivity contribution in [1.29, 1.82) is 0 Å². The predicted molar refractivity (Wildman–Crippen MR) is 113 cm³/mol. The smallest absolute Gasteiger partial charge is 0.248 e. The summed E-state index contributed by atoms with van der Waals surface area (Å²) >= 11 is 0. The third kappa shape index (κ3) is 4.44. The number of para-hydroxylation sites is 2. The van der Waals surface area contributed by atoms with Gasteiger partial charge in [-0.2, -0.15) is 0 Å². The normalized spacial score (nSPS) is 13.2. The molecule has 0 unspecified atom stereocenters. The highest BCUT2D eigenvalue weighted by atomic mass is 16.5. The molecule has 0 fully saturated rings. The van der Waals surface area contributed by atoms with Crippen LogP contribution in [0.3, 0.4) is 0 Å². The fourth-order valence-corrected chi connectivity index (χ4v) is 3.46. The zero-order chi connectivity index (χ0) is 19.9. The lowest BCUT2D eigenvalue weighted by molar-refractivity contribution is -0.117. The van der Waals surface area contributed by atoms with Crippen LogP contribution in [-0.2, 0) is 17.8 Å². The van der Waals surface area contributed by atoms with Crippen LogP contribution in [0.1, 0.15) is 18.1 Å². The van der Waals surface area contributed by atoms with Crippen molar-refractivity contribution in [2.75, 3.05) is 38.7 Å². The first-order chi connectivity index (χ1) is 13.6. The molecule has 0 bridgehead atoms. The molecule has 1 aliphatic heterocycles. The molecule has 0 saturated heterocycles. The van der Waals surface area contributed by atoms with E-state index in [0.29, 0.717) is 12.5 Å². The lowest BCUT2D eigenvalue weighted by Gasteiger charge is -2.23. The Bertz CT molecular complexity index is 850. The number of nitrogens with one attached hydrogen (secondary N) is 1. The van der Waals surface area contributed by atoms with Crippen LogP contribution in [0.2, 0.25) is 0 Å². The number of anilines is 1. The van der Waals surface area contributed by atoms with E-state index in [9.17, 15) is 4.79 Å². The Morgan fingerprint density at radius 3 is 2.75 bits per heavy atom. The van der Waals surface area contributed by atoms with E-state index in [-0.39, 0.29) is 12.5 Å². The summed E-state index contributed by atoms with van der Waals surface area (Å²) < 4.78 is 5.44. The van der Waals surface area contributed by atoms with Gasteiger partial charge >= 0.3 is 0 Å². The van der Waals surface area contributed by atoms with Crippen molar-refractivity contribution >= 4 is 17.6 Å². The second-order valence-electron chi connectivity index (χ2n) is 6.76. The zero-order valence-electron chi connectivity index (χ0n) is 16.8. The Hall–Kier alpha value is -3.02. The van der Waals surface area contributed by atoms with Crippen molar-refractivity contribution in [2.24, 2.45) is 4.99 Å². The fraction of sp³-hybridized carbons (Fsp3) is 0.364. The van der Waals surface area contributed by atoms with E-state index >= 15 is 0 Å². The van der Waals surface area contributed by atoms with E-state index in [1.807, 2.05) is 66.2 Å². The van der Waals surface area contributed by atoms with Crippen molar-refractivity contribution < 1.29 is 9.53 Å². The molecule has 0 atom stereocenters. The average molecular weight is 380 g/mol. The van der Waals surface area contributed by atoms with Crippen LogP contribution in [0.4, 0.5) is 5.69 Å². The lowest BCUT2D eigenvalue weighted by Crippen LogP contribution is -2.40. The Morgan fingerprint density at radius 2 is 1.96 bits per heavy atom. The molecule has 3 rings (SSSR count). The number of carbonyl (C=O) groups is 1. The number of guanidine groups is 1. The molecule has 0 spiro atoms. The predicted octanol–water partition coefficient (Wildman–Crippen LogP) is 2.68. The molecule has 1 amide bonds. The van der Waals surface area contributed by atoms with Gasteiger partial charge in [0.2, 0.25) is 5.91 Å². The van der Waals surface area contributed by atoms with Gasteiger partial charge in [0.05, 0.1) is 7.11 Å². The second-order valence-corrected chi connectivity index (χ2v) is 6.76. The summed E-state index contributed by atoms with van der Waals surface area (Å²) in [5, 5.41) is 3.27. The van der Waals surface area contributed by atoms with Crippen molar-refractivity contribution in [3.8, 4) is 5.75 Å². The Balaban J connectivity index is 1.69. The molecule has 28 heavy (non-hydrogen) atoms. The number of hydrogen-bond donors (Lipinski definition) is 1. The van der Waals surface area contributed by atoms with Gasteiger partial charge in [0.15, 0.2) is 5.96 Å². The Labute approximate surface area is 166 Å². The molecular formula is C22H28N4O2. The van der Waals surface area contributed by atoms with Crippen LogP contribution in [0.25, 0.3) is 0 Å². The fourth-order valence-electron chi connectivity index (χ4n) is 3.46. The van der Waals surface area contributed by atoms with Gasteiger partial charge in [-0.3, -0.25) is 4.79 Å². The van der Waals surface area contributed by atoms with E-state index in [1.54, 1.807) is 7.11 Å². The number of benzene rings is 2. The maximum Gasteiger partial charge on any atom is 0.248 e. The first-order valence-corrected chi connectivity index (χ1v) is 9.63. The van der Waals surface area contributed by atoms with Crippen LogP contribution in [0.15, 0.2) is 53.5 Å². The highest BCUT2D eigenvalue weighted by molar-refractivity contribution is 5.98. The number of aliphatic imine (C=N–C) groups is 1. The summed E-state index contributed by atoms with van der Waals surface area (Å²) in [5.41, 5.74) is 3.30. The number of fused-ring (bicyclic) bond motifs is 1. The molecule has 1 heterocycles. The topological polar surface area (TPSA) is 57.2 Å². The summed E-state index contributed by atoms with van der Waals surface area (Å²) in [6, 6.07) is 16.0. The van der Waals surface area contributed by atoms with Crippen molar-refractivity contribution in [2.45, 2.75) is 19.9 Å². The quantitative estimate of drug-likeness (QED) is 0.618. The number of ether oxygens (including phenoxy) is 1. The first-order valence-electron chi connectivity index (χ1n) is 9.63. The number of nitrogens with zero attached hydrogens (tertiary/aromatic N) is 3. The lowest BCUT2D eigenvalue weighted by atomic mass is 10.2. The molecule has 2 aromatic rings.